The number of ketones is 2. The maximum Gasteiger partial charge on any atom is 0.160 e. The zero-order valence-corrected chi connectivity index (χ0v) is 20.9. The second kappa shape index (κ2) is 13.8. The summed E-state index contributed by atoms with van der Waals surface area (Å²) < 4.78 is 0. The van der Waals surface area contributed by atoms with E-state index < -0.39 is 0 Å². The van der Waals surface area contributed by atoms with Crippen molar-refractivity contribution in [2.24, 2.45) is 16.6 Å². The molecule has 4 nitrogen and oxygen atoms in total. The fraction of sp³-hybridized carbons (Fsp3) is 0.769. The van der Waals surface area contributed by atoms with Crippen LogP contribution in [0.5, 0.6) is 0 Å². The number of nitrogens with two attached hydrogens (primary N) is 1. The summed E-state index contributed by atoms with van der Waals surface area (Å²) in [6.07, 6.45) is 13.4. The van der Waals surface area contributed by atoms with Gasteiger partial charge in [-0.2, -0.15) is 0 Å². The molecule has 0 bridgehead atoms. The number of Topliss-reactive ketones (excluding diaryl/α,β-unsaturated/α-hetero) is 2. The summed E-state index contributed by atoms with van der Waals surface area (Å²) in [5.41, 5.74) is 6.51. The fourth-order valence-corrected chi connectivity index (χ4v) is 3.21. The topological polar surface area (TPSA) is 72.2 Å². The van der Waals surface area contributed by atoms with Crippen molar-refractivity contribution in [1.29, 1.82) is 0 Å². The summed E-state index contributed by atoms with van der Waals surface area (Å²) in [7, 11) is 0. The molecule has 0 aromatic rings. The third-order valence-corrected chi connectivity index (χ3v) is 6.51. The fourth-order valence-electron chi connectivity index (χ4n) is 3.21. The van der Waals surface area contributed by atoms with Gasteiger partial charge in [0.05, 0.1) is 12.1 Å². The summed E-state index contributed by atoms with van der Waals surface area (Å²) >= 11 is 0. The average Bonchev–Trinajstić information content (AvgIpc) is 2.72. The standard InChI is InChI=1S/C26H48N2O2/c1-9-20(4)28-22(24(30)26(7,8)11-3)19-17-15-13-12-14-16-18-21(27)23(29)25(5,6)10-2/h9,12-13,21-22,28H,10-11,14-19,27H2,1-8H3/b13-12+,20-9?. The van der Waals surface area contributed by atoms with Crippen LogP contribution in [0.25, 0.3) is 0 Å². The minimum absolute atomic E-state index is 0.129. The van der Waals surface area contributed by atoms with E-state index in [1.807, 2.05) is 54.5 Å². The van der Waals surface area contributed by atoms with Crippen LogP contribution in [-0.2, 0) is 9.59 Å². The Balaban J connectivity index is 4.40. The molecule has 2 atom stereocenters. The summed E-state index contributed by atoms with van der Waals surface area (Å²) in [6, 6.07) is -0.488. The number of allylic oxidation sites excluding steroid dienone is 4. The Bertz CT molecular complexity index is 588. The third-order valence-electron chi connectivity index (χ3n) is 6.51. The highest BCUT2D eigenvalue weighted by Crippen LogP contribution is 2.25. The van der Waals surface area contributed by atoms with Crippen LogP contribution in [0.2, 0.25) is 0 Å². The molecule has 0 heterocycles. The Labute approximate surface area is 186 Å². The molecule has 174 valence electrons. The Kier molecular flexibility index (Phi) is 13.1. The van der Waals surface area contributed by atoms with Gasteiger partial charge in [-0.15, -0.1) is 0 Å². The number of carbonyl (C=O) groups excluding carboxylic acids is 2. The van der Waals surface area contributed by atoms with E-state index in [9.17, 15) is 9.59 Å². The molecule has 4 heteroatoms. The zero-order valence-electron chi connectivity index (χ0n) is 20.9. The van der Waals surface area contributed by atoms with E-state index >= 15 is 0 Å². The van der Waals surface area contributed by atoms with E-state index in [0.717, 1.165) is 57.1 Å². The lowest BCUT2D eigenvalue weighted by molar-refractivity contribution is -0.129. The molecule has 0 amide bonds. The SMILES string of the molecule is CC=C(C)NC(CCC/C=C/CCCC(N)C(=O)C(C)(C)CC)C(=O)C(C)(C)CC. The van der Waals surface area contributed by atoms with Crippen LogP contribution in [0.15, 0.2) is 23.9 Å². The normalized spacial score (nSPS) is 15.3. The van der Waals surface area contributed by atoms with Gasteiger partial charge in [0.15, 0.2) is 11.6 Å². The Morgan fingerprint density at radius 2 is 1.37 bits per heavy atom. The van der Waals surface area contributed by atoms with E-state index in [1.54, 1.807) is 0 Å². The highest BCUT2D eigenvalue weighted by Gasteiger charge is 2.32. The largest absolute Gasteiger partial charge is 0.379 e. The van der Waals surface area contributed by atoms with Gasteiger partial charge in [0.2, 0.25) is 0 Å². The van der Waals surface area contributed by atoms with Crippen molar-refractivity contribution in [2.75, 3.05) is 0 Å². The van der Waals surface area contributed by atoms with E-state index in [0.29, 0.717) is 5.78 Å². The number of nitrogens with one attached hydrogen (secondary N) is 1. The smallest absolute Gasteiger partial charge is 0.160 e. The molecule has 0 saturated heterocycles. The van der Waals surface area contributed by atoms with Gasteiger partial charge in [-0.05, 0) is 65.2 Å². The summed E-state index contributed by atoms with van der Waals surface area (Å²) in [4.78, 5) is 25.2. The molecule has 0 aliphatic carbocycles. The van der Waals surface area contributed by atoms with Gasteiger partial charge >= 0.3 is 0 Å². The number of rotatable bonds is 16. The molecular weight excluding hydrogens is 372 g/mol. The zero-order chi connectivity index (χ0) is 23.4. The first kappa shape index (κ1) is 28.6. The first-order valence-electron chi connectivity index (χ1n) is 11.8. The van der Waals surface area contributed by atoms with Gasteiger partial charge in [0.1, 0.15) is 0 Å². The molecule has 3 N–H and O–H groups in total. The predicted octanol–water partition coefficient (Wildman–Crippen LogP) is 6.10. The molecule has 0 spiro atoms. The average molecular weight is 421 g/mol. The van der Waals surface area contributed by atoms with E-state index in [1.165, 1.54) is 0 Å². The lowest BCUT2D eigenvalue weighted by atomic mass is 9.80. The molecule has 2 unspecified atom stereocenters. The van der Waals surface area contributed by atoms with Gasteiger partial charge < -0.3 is 11.1 Å². The van der Waals surface area contributed by atoms with Crippen LogP contribution in [-0.4, -0.2) is 23.7 Å². The first-order chi connectivity index (χ1) is 13.9. The highest BCUT2D eigenvalue weighted by molar-refractivity contribution is 5.89. The number of hydrogen-bond acceptors (Lipinski definition) is 4. The van der Waals surface area contributed by atoms with Crippen molar-refractivity contribution in [3.8, 4) is 0 Å². The maximum atomic E-state index is 12.9. The molecule has 0 fully saturated rings. The van der Waals surface area contributed by atoms with E-state index in [-0.39, 0.29) is 28.7 Å². The van der Waals surface area contributed by atoms with Crippen LogP contribution in [0, 0.1) is 10.8 Å². The lowest BCUT2D eigenvalue weighted by Gasteiger charge is -2.28. The van der Waals surface area contributed by atoms with Crippen LogP contribution in [0.1, 0.15) is 107 Å². The molecule has 0 rings (SSSR count). The van der Waals surface area contributed by atoms with Crippen molar-refractivity contribution in [1.82, 2.24) is 5.32 Å². The van der Waals surface area contributed by atoms with Gasteiger partial charge in [-0.3, -0.25) is 9.59 Å². The minimum atomic E-state index is -0.358. The Morgan fingerprint density at radius 1 is 0.900 bits per heavy atom. The molecule has 0 radical (unpaired) electrons. The van der Waals surface area contributed by atoms with Crippen molar-refractivity contribution >= 4 is 11.6 Å². The molecule has 0 saturated carbocycles. The summed E-state index contributed by atoms with van der Waals surface area (Å²) in [6.45, 7) is 16.1. The minimum Gasteiger partial charge on any atom is -0.379 e. The summed E-state index contributed by atoms with van der Waals surface area (Å²) in [5, 5.41) is 3.40. The van der Waals surface area contributed by atoms with Crippen molar-refractivity contribution in [3.05, 3.63) is 23.9 Å². The van der Waals surface area contributed by atoms with Gasteiger partial charge in [0.25, 0.3) is 0 Å². The molecule has 30 heavy (non-hydrogen) atoms. The quantitative estimate of drug-likeness (QED) is 0.234. The number of carbonyl (C=O) groups is 2. The molecule has 0 aliphatic rings. The van der Waals surface area contributed by atoms with E-state index in [2.05, 4.69) is 24.4 Å². The van der Waals surface area contributed by atoms with Crippen LogP contribution in [0.4, 0.5) is 0 Å². The Morgan fingerprint density at radius 3 is 1.83 bits per heavy atom. The lowest BCUT2D eigenvalue weighted by Crippen LogP contribution is -2.43. The second-order valence-corrected chi connectivity index (χ2v) is 9.81. The summed E-state index contributed by atoms with van der Waals surface area (Å²) in [5.74, 6) is 0.465. The Hall–Kier alpha value is -1.42. The monoisotopic (exact) mass is 420 g/mol. The first-order valence-corrected chi connectivity index (χ1v) is 11.8. The maximum absolute atomic E-state index is 12.9. The second-order valence-electron chi connectivity index (χ2n) is 9.81. The van der Waals surface area contributed by atoms with Crippen molar-refractivity contribution in [3.63, 3.8) is 0 Å². The molecular formula is C26H48N2O2. The third kappa shape index (κ3) is 10.1. The highest BCUT2D eigenvalue weighted by atomic mass is 16.1. The number of unbranched alkanes of at least 4 members (excludes halogenated alkanes) is 2. The van der Waals surface area contributed by atoms with Crippen LogP contribution >= 0.6 is 0 Å². The van der Waals surface area contributed by atoms with Crippen LogP contribution < -0.4 is 11.1 Å². The molecule has 0 aromatic heterocycles. The van der Waals surface area contributed by atoms with Crippen molar-refractivity contribution in [2.45, 2.75) is 119 Å². The van der Waals surface area contributed by atoms with Gasteiger partial charge in [-0.1, -0.05) is 59.8 Å². The number of hydrogen-bond donors (Lipinski definition) is 2. The molecule has 0 aromatic carbocycles. The van der Waals surface area contributed by atoms with Crippen LogP contribution in [0.3, 0.4) is 0 Å². The van der Waals surface area contributed by atoms with Gasteiger partial charge in [0, 0.05) is 16.5 Å². The van der Waals surface area contributed by atoms with Gasteiger partial charge in [-0.25, -0.2) is 0 Å². The molecule has 0 aliphatic heterocycles. The predicted molar refractivity (Wildman–Crippen MR) is 129 cm³/mol. The van der Waals surface area contributed by atoms with E-state index in [4.69, 9.17) is 5.73 Å². The van der Waals surface area contributed by atoms with Crippen molar-refractivity contribution < 1.29 is 9.59 Å².